The van der Waals surface area contributed by atoms with Crippen LogP contribution >= 0.6 is 0 Å². The minimum absolute atomic E-state index is 0.172. The standard InChI is InChI=1S/C37H43N7O3/c1-3-34(46)44-20-19-43(22-28(44)13-15-38)36-30-14-18-42(33-12-8-11-27-10-7-9-26(2)35(27)33)24-32(30)40-37(31(36)21-39)47-29(25-45)23-41-16-5-4-6-17-41/h3,7-12,28-29,45H,1,4-6,13-14,16-20,22-25H2,2H3/t28-,29?/m0/s1. The SMILES string of the molecule is C=CC(=O)N1CCN(c2c(C#N)c(OC(CO)CN3CCCCC3)nc3c2CCN(c2cccc4cccc(C)c24)C3)C[C@@H]1CC#N. The molecule has 0 saturated carbocycles. The molecule has 3 aliphatic heterocycles. The van der Waals surface area contributed by atoms with Crippen molar-refractivity contribution in [3.63, 3.8) is 0 Å². The van der Waals surface area contributed by atoms with Crippen LogP contribution in [0.1, 0.15) is 48.1 Å². The summed E-state index contributed by atoms with van der Waals surface area (Å²) >= 11 is 0. The molecule has 2 saturated heterocycles. The second-order valence-corrected chi connectivity index (χ2v) is 12.8. The van der Waals surface area contributed by atoms with Crippen LogP contribution in [0.2, 0.25) is 0 Å². The summed E-state index contributed by atoms with van der Waals surface area (Å²) in [4.78, 5) is 26.2. The van der Waals surface area contributed by atoms with Crippen molar-refractivity contribution >= 4 is 28.1 Å². The molecule has 47 heavy (non-hydrogen) atoms. The molecule has 0 aliphatic carbocycles. The van der Waals surface area contributed by atoms with Crippen LogP contribution in [-0.2, 0) is 17.8 Å². The van der Waals surface area contributed by atoms with E-state index in [0.717, 1.165) is 55.1 Å². The second-order valence-electron chi connectivity index (χ2n) is 12.8. The summed E-state index contributed by atoms with van der Waals surface area (Å²) < 4.78 is 6.47. The zero-order valence-corrected chi connectivity index (χ0v) is 27.2. The summed E-state index contributed by atoms with van der Waals surface area (Å²) in [6.45, 7) is 10.7. The number of hydrogen-bond acceptors (Lipinski definition) is 9. The molecule has 2 fully saturated rings. The van der Waals surface area contributed by atoms with Gasteiger partial charge in [-0.15, -0.1) is 0 Å². The van der Waals surface area contributed by atoms with Gasteiger partial charge < -0.3 is 24.5 Å². The quantitative estimate of drug-likeness (QED) is 0.344. The van der Waals surface area contributed by atoms with E-state index >= 15 is 0 Å². The van der Waals surface area contributed by atoms with Crippen molar-refractivity contribution in [2.45, 2.75) is 57.7 Å². The fourth-order valence-electron chi connectivity index (χ4n) is 7.51. The van der Waals surface area contributed by atoms with Gasteiger partial charge in [0.05, 0.1) is 43.1 Å². The predicted molar refractivity (Wildman–Crippen MR) is 182 cm³/mol. The molecule has 1 amide bonds. The monoisotopic (exact) mass is 633 g/mol. The van der Waals surface area contributed by atoms with Crippen molar-refractivity contribution in [2.75, 3.05) is 62.2 Å². The van der Waals surface area contributed by atoms with Crippen molar-refractivity contribution in [3.05, 3.63) is 71.4 Å². The van der Waals surface area contributed by atoms with Gasteiger partial charge in [-0.05, 0) is 62.4 Å². The number of nitrogens with zero attached hydrogens (tertiary/aromatic N) is 7. The summed E-state index contributed by atoms with van der Waals surface area (Å²) in [7, 11) is 0. The molecular formula is C37H43N7O3. The molecule has 0 bridgehead atoms. The van der Waals surface area contributed by atoms with E-state index in [-0.39, 0.29) is 30.9 Å². The first-order chi connectivity index (χ1) is 22.9. The fraction of sp³-hybridized carbons (Fsp3) is 0.459. The normalized spacial score (nSPS) is 19.1. The number of carbonyl (C=O) groups is 1. The largest absolute Gasteiger partial charge is 0.470 e. The Morgan fingerprint density at radius 3 is 2.62 bits per heavy atom. The summed E-state index contributed by atoms with van der Waals surface area (Å²) in [6.07, 6.45) is 5.05. The number of carbonyl (C=O) groups excluding carboxylic acids is 1. The molecule has 0 radical (unpaired) electrons. The molecule has 2 atom stereocenters. The van der Waals surface area contributed by atoms with Crippen molar-refractivity contribution < 1.29 is 14.6 Å². The number of nitriles is 2. The van der Waals surface area contributed by atoms with Crippen LogP contribution in [0.25, 0.3) is 10.8 Å². The summed E-state index contributed by atoms with van der Waals surface area (Å²) in [6, 6.07) is 17.0. The Kier molecular flexibility index (Phi) is 9.91. The molecule has 3 aromatic rings. The van der Waals surface area contributed by atoms with Crippen LogP contribution < -0.4 is 14.5 Å². The molecule has 2 aromatic carbocycles. The number of hydrogen-bond donors (Lipinski definition) is 1. The van der Waals surface area contributed by atoms with Gasteiger partial charge in [-0.3, -0.25) is 9.69 Å². The number of aromatic nitrogens is 1. The highest BCUT2D eigenvalue weighted by Crippen LogP contribution is 2.40. The number of aryl methyl sites for hydroxylation is 1. The lowest BCUT2D eigenvalue weighted by molar-refractivity contribution is -0.128. The summed E-state index contributed by atoms with van der Waals surface area (Å²) in [5, 5.41) is 33.1. The van der Waals surface area contributed by atoms with Crippen LogP contribution in [0.15, 0.2) is 49.1 Å². The van der Waals surface area contributed by atoms with Gasteiger partial charge in [0, 0.05) is 49.4 Å². The van der Waals surface area contributed by atoms with Crippen LogP contribution in [0, 0.1) is 29.6 Å². The van der Waals surface area contributed by atoms with E-state index in [9.17, 15) is 20.4 Å². The molecule has 1 unspecified atom stereocenters. The average molecular weight is 634 g/mol. The Hall–Kier alpha value is -4.64. The van der Waals surface area contributed by atoms with Crippen LogP contribution in [0.4, 0.5) is 11.4 Å². The minimum atomic E-state index is -0.535. The lowest BCUT2D eigenvalue weighted by atomic mass is 9.95. The maximum Gasteiger partial charge on any atom is 0.246 e. The molecule has 4 heterocycles. The number of aliphatic hydroxyl groups excluding tert-OH is 1. The van der Waals surface area contributed by atoms with E-state index in [2.05, 4.69) is 76.7 Å². The lowest BCUT2D eigenvalue weighted by Crippen LogP contribution is -2.55. The third-order valence-corrected chi connectivity index (χ3v) is 9.81. The van der Waals surface area contributed by atoms with Crippen molar-refractivity contribution in [1.82, 2.24) is 14.8 Å². The number of rotatable bonds is 9. The van der Waals surface area contributed by atoms with E-state index in [1.165, 1.54) is 28.8 Å². The molecule has 10 heteroatoms. The van der Waals surface area contributed by atoms with Crippen molar-refractivity contribution in [3.8, 4) is 18.0 Å². The molecule has 3 aliphatic rings. The molecule has 10 nitrogen and oxygen atoms in total. The molecule has 244 valence electrons. The number of aliphatic hydroxyl groups is 1. The number of benzene rings is 2. The second kappa shape index (κ2) is 14.4. The van der Waals surface area contributed by atoms with Gasteiger partial charge in [-0.1, -0.05) is 43.3 Å². The first-order valence-electron chi connectivity index (χ1n) is 16.7. The number of amides is 1. The molecule has 0 spiro atoms. The van der Waals surface area contributed by atoms with E-state index < -0.39 is 6.10 Å². The van der Waals surface area contributed by atoms with E-state index in [0.29, 0.717) is 44.7 Å². The van der Waals surface area contributed by atoms with Crippen LogP contribution in [0.3, 0.4) is 0 Å². The van der Waals surface area contributed by atoms with Gasteiger partial charge in [0.25, 0.3) is 0 Å². The maximum absolute atomic E-state index is 12.7. The van der Waals surface area contributed by atoms with Gasteiger partial charge in [0.1, 0.15) is 17.7 Å². The van der Waals surface area contributed by atoms with E-state index in [1.54, 1.807) is 4.90 Å². The molecular weight excluding hydrogens is 590 g/mol. The van der Waals surface area contributed by atoms with E-state index in [1.807, 2.05) is 0 Å². The van der Waals surface area contributed by atoms with Gasteiger partial charge in [-0.2, -0.15) is 10.5 Å². The number of likely N-dealkylation sites (tertiary alicyclic amines) is 1. The minimum Gasteiger partial charge on any atom is -0.470 e. The number of anilines is 2. The first-order valence-corrected chi connectivity index (χ1v) is 16.7. The Balaban J connectivity index is 1.41. The number of ether oxygens (including phenoxy) is 1. The van der Waals surface area contributed by atoms with Gasteiger partial charge in [0.15, 0.2) is 0 Å². The number of fused-ring (bicyclic) bond motifs is 2. The zero-order chi connectivity index (χ0) is 32.9. The lowest BCUT2D eigenvalue weighted by Gasteiger charge is -2.43. The van der Waals surface area contributed by atoms with Crippen LogP contribution in [-0.4, -0.2) is 90.4 Å². The first kappa shape index (κ1) is 32.3. The maximum atomic E-state index is 12.7. The zero-order valence-electron chi connectivity index (χ0n) is 27.2. The number of piperazine rings is 1. The van der Waals surface area contributed by atoms with Crippen molar-refractivity contribution in [2.24, 2.45) is 0 Å². The summed E-state index contributed by atoms with van der Waals surface area (Å²) in [5.41, 5.74) is 5.30. The Bertz CT molecular complexity index is 1720. The van der Waals surface area contributed by atoms with Crippen molar-refractivity contribution in [1.29, 1.82) is 10.5 Å². The number of pyridine rings is 1. The van der Waals surface area contributed by atoms with Gasteiger partial charge in [-0.25, -0.2) is 4.98 Å². The third kappa shape index (κ3) is 6.62. The molecule has 1 N–H and O–H groups in total. The summed E-state index contributed by atoms with van der Waals surface area (Å²) in [5.74, 6) is 0.0328. The highest BCUT2D eigenvalue weighted by Gasteiger charge is 2.35. The fourth-order valence-corrected chi connectivity index (χ4v) is 7.51. The highest BCUT2D eigenvalue weighted by molar-refractivity contribution is 5.97. The molecule has 1 aromatic heterocycles. The van der Waals surface area contributed by atoms with Gasteiger partial charge in [0.2, 0.25) is 11.8 Å². The Morgan fingerprint density at radius 1 is 1.11 bits per heavy atom. The highest BCUT2D eigenvalue weighted by atomic mass is 16.5. The topological polar surface area (TPSA) is 120 Å². The molecule has 6 rings (SSSR count). The third-order valence-electron chi connectivity index (χ3n) is 9.81. The Labute approximate surface area is 277 Å². The average Bonchev–Trinajstić information content (AvgIpc) is 3.10. The Morgan fingerprint density at radius 2 is 1.89 bits per heavy atom. The van der Waals surface area contributed by atoms with E-state index in [4.69, 9.17) is 9.72 Å². The predicted octanol–water partition coefficient (Wildman–Crippen LogP) is 4.32. The number of piperidine rings is 1. The van der Waals surface area contributed by atoms with Gasteiger partial charge >= 0.3 is 0 Å². The van der Waals surface area contributed by atoms with Crippen LogP contribution in [0.5, 0.6) is 5.88 Å². The smallest absolute Gasteiger partial charge is 0.246 e.